The van der Waals surface area contributed by atoms with E-state index in [-0.39, 0.29) is 24.3 Å². The Bertz CT molecular complexity index is 750. The maximum absolute atomic E-state index is 10.7. The minimum atomic E-state index is -1.44. The summed E-state index contributed by atoms with van der Waals surface area (Å²) in [6, 6.07) is 11.9. The first-order valence-corrected chi connectivity index (χ1v) is 7.42. The van der Waals surface area contributed by atoms with Gasteiger partial charge >= 0.3 is 11.9 Å². The Morgan fingerprint density at radius 2 is 1.19 bits per heavy atom. The molecule has 26 heavy (non-hydrogen) atoms. The van der Waals surface area contributed by atoms with Crippen molar-refractivity contribution in [3.05, 3.63) is 59.7 Å². The third kappa shape index (κ3) is 7.45. The normalized spacial score (nSPS) is 11.0. The topological polar surface area (TPSA) is 152 Å². The Hall–Kier alpha value is -3.39. The summed E-state index contributed by atoms with van der Waals surface area (Å²) < 4.78 is 0. The third-order valence-electron chi connectivity index (χ3n) is 3.19. The zero-order valence-corrected chi connectivity index (χ0v) is 13.6. The van der Waals surface area contributed by atoms with Crippen LogP contribution in [-0.4, -0.2) is 49.4 Å². The zero-order valence-electron chi connectivity index (χ0n) is 13.6. The molecule has 0 unspecified atom stereocenters. The standard InChI is InChI=1S/C9H10O4.C9H8O4/c2*10-7-3-1-6(2-4-7)5-8(11)9(12)13/h1-4,8,10-11H,5H2,(H,12,13);1-4,10H,5H2,(H,12,13)/t8-;/m1./s1. The molecule has 0 saturated heterocycles. The molecule has 8 nitrogen and oxygen atoms in total. The van der Waals surface area contributed by atoms with Gasteiger partial charge in [0.1, 0.15) is 11.5 Å². The number of aliphatic carboxylic acids is 2. The Morgan fingerprint density at radius 1 is 0.769 bits per heavy atom. The molecule has 0 aliphatic rings. The highest BCUT2D eigenvalue weighted by atomic mass is 16.4. The Balaban J connectivity index is 0.000000260. The number of aromatic hydroxyl groups is 2. The van der Waals surface area contributed by atoms with E-state index >= 15 is 0 Å². The van der Waals surface area contributed by atoms with Crippen molar-refractivity contribution in [2.24, 2.45) is 0 Å². The lowest BCUT2D eigenvalue weighted by Crippen LogP contribution is -2.21. The minimum absolute atomic E-state index is 0.0512. The minimum Gasteiger partial charge on any atom is -0.508 e. The van der Waals surface area contributed by atoms with Crippen LogP contribution in [-0.2, 0) is 27.2 Å². The highest BCUT2D eigenvalue weighted by Crippen LogP contribution is 2.11. The fourth-order valence-electron chi connectivity index (χ4n) is 1.82. The number of benzene rings is 2. The van der Waals surface area contributed by atoms with Gasteiger partial charge in [0.2, 0.25) is 5.78 Å². The van der Waals surface area contributed by atoms with Crippen molar-refractivity contribution < 1.29 is 39.9 Å². The Kier molecular flexibility index (Phi) is 7.78. The monoisotopic (exact) mass is 362 g/mol. The van der Waals surface area contributed by atoms with Crippen LogP contribution >= 0.6 is 0 Å². The SMILES string of the molecule is O=C(O)C(=O)Cc1ccc(O)cc1.O=C(O)[C@H](O)Cc1ccc(O)cc1. The van der Waals surface area contributed by atoms with E-state index in [1.165, 1.54) is 36.4 Å². The van der Waals surface area contributed by atoms with Gasteiger partial charge in [-0.1, -0.05) is 24.3 Å². The van der Waals surface area contributed by atoms with Crippen molar-refractivity contribution in [2.75, 3.05) is 0 Å². The van der Waals surface area contributed by atoms with Gasteiger partial charge in [0.05, 0.1) is 0 Å². The van der Waals surface area contributed by atoms with Crippen LogP contribution in [0.15, 0.2) is 48.5 Å². The van der Waals surface area contributed by atoms with Crippen LogP contribution in [0.3, 0.4) is 0 Å². The quantitative estimate of drug-likeness (QED) is 0.477. The number of ketones is 1. The summed E-state index contributed by atoms with van der Waals surface area (Å²) in [5, 5.41) is 43.5. The summed E-state index contributed by atoms with van der Waals surface area (Å²) >= 11 is 0. The lowest BCUT2D eigenvalue weighted by atomic mass is 10.1. The summed E-state index contributed by atoms with van der Waals surface area (Å²) in [4.78, 5) is 31.2. The number of phenolic OH excluding ortho intramolecular Hbond substituents is 2. The molecular weight excluding hydrogens is 344 g/mol. The molecule has 0 aliphatic carbocycles. The van der Waals surface area contributed by atoms with Gasteiger partial charge in [0, 0.05) is 12.8 Å². The number of Topliss-reactive ketones (excluding diaryl/α,β-unsaturated/α-hetero) is 1. The van der Waals surface area contributed by atoms with Crippen molar-refractivity contribution in [3.63, 3.8) is 0 Å². The zero-order chi connectivity index (χ0) is 19.7. The number of carboxylic acids is 2. The van der Waals surface area contributed by atoms with Gasteiger partial charge in [-0.05, 0) is 35.4 Å². The molecule has 0 radical (unpaired) electrons. The van der Waals surface area contributed by atoms with E-state index in [0.717, 1.165) is 0 Å². The largest absolute Gasteiger partial charge is 0.508 e. The summed E-state index contributed by atoms with van der Waals surface area (Å²) in [6.07, 6.45) is -1.48. The number of phenols is 2. The van der Waals surface area contributed by atoms with E-state index in [1.807, 2.05) is 0 Å². The molecule has 0 saturated carbocycles. The second-order valence-electron chi connectivity index (χ2n) is 5.30. The smallest absolute Gasteiger partial charge is 0.372 e. The Labute approximate surface area is 148 Å². The van der Waals surface area contributed by atoms with Gasteiger partial charge in [-0.15, -0.1) is 0 Å². The molecule has 0 aromatic heterocycles. The number of carboxylic acid groups (broad SMARTS) is 2. The number of aliphatic hydroxyl groups excluding tert-OH is 1. The van der Waals surface area contributed by atoms with Gasteiger partial charge in [0.25, 0.3) is 0 Å². The van der Waals surface area contributed by atoms with Gasteiger partial charge in [-0.2, -0.15) is 0 Å². The predicted molar refractivity (Wildman–Crippen MR) is 89.9 cm³/mol. The molecule has 8 heteroatoms. The molecule has 0 aliphatic heterocycles. The average molecular weight is 362 g/mol. The van der Waals surface area contributed by atoms with Crippen molar-refractivity contribution >= 4 is 17.7 Å². The number of hydrogen-bond donors (Lipinski definition) is 5. The second kappa shape index (κ2) is 9.80. The second-order valence-corrected chi connectivity index (χ2v) is 5.30. The average Bonchev–Trinajstić information content (AvgIpc) is 2.59. The third-order valence-corrected chi connectivity index (χ3v) is 3.19. The van der Waals surface area contributed by atoms with E-state index in [9.17, 15) is 14.4 Å². The van der Waals surface area contributed by atoms with Crippen molar-refractivity contribution in [1.29, 1.82) is 0 Å². The summed E-state index contributed by atoms with van der Waals surface area (Å²) in [5.41, 5.74) is 1.25. The van der Waals surface area contributed by atoms with E-state index in [2.05, 4.69) is 0 Å². The van der Waals surface area contributed by atoms with Gasteiger partial charge in [0.15, 0.2) is 6.10 Å². The maximum atomic E-state index is 10.7. The van der Waals surface area contributed by atoms with Crippen LogP contribution in [0.5, 0.6) is 11.5 Å². The van der Waals surface area contributed by atoms with E-state index < -0.39 is 23.8 Å². The summed E-state index contributed by atoms with van der Waals surface area (Å²) in [7, 11) is 0. The summed E-state index contributed by atoms with van der Waals surface area (Å²) in [6.45, 7) is 0. The van der Waals surface area contributed by atoms with Crippen molar-refractivity contribution in [3.8, 4) is 11.5 Å². The first kappa shape index (κ1) is 20.7. The van der Waals surface area contributed by atoms with Crippen LogP contribution in [0.4, 0.5) is 0 Å². The number of carbonyl (C=O) groups excluding carboxylic acids is 1. The lowest BCUT2D eigenvalue weighted by Gasteiger charge is -2.04. The van der Waals surface area contributed by atoms with Crippen LogP contribution < -0.4 is 0 Å². The van der Waals surface area contributed by atoms with Crippen LogP contribution in [0.1, 0.15) is 11.1 Å². The molecule has 2 rings (SSSR count). The highest BCUT2D eigenvalue weighted by molar-refractivity contribution is 6.33. The lowest BCUT2D eigenvalue weighted by molar-refractivity contribution is -0.148. The molecule has 0 bridgehead atoms. The first-order chi connectivity index (χ1) is 12.2. The molecule has 2 aromatic carbocycles. The molecule has 138 valence electrons. The van der Waals surface area contributed by atoms with Crippen LogP contribution in [0.2, 0.25) is 0 Å². The molecule has 0 fully saturated rings. The number of carbonyl (C=O) groups is 3. The van der Waals surface area contributed by atoms with Crippen LogP contribution in [0, 0.1) is 0 Å². The van der Waals surface area contributed by atoms with Crippen molar-refractivity contribution in [2.45, 2.75) is 18.9 Å². The predicted octanol–water partition coefficient (Wildman–Crippen LogP) is 0.969. The van der Waals surface area contributed by atoms with Gasteiger partial charge in [-0.3, -0.25) is 4.79 Å². The number of aliphatic hydroxyl groups is 1. The highest BCUT2D eigenvalue weighted by Gasteiger charge is 2.13. The van der Waals surface area contributed by atoms with Gasteiger partial charge in [-0.25, -0.2) is 9.59 Å². The Morgan fingerprint density at radius 3 is 1.58 bits per heavy atom. The molecule has 1 atom stereocenters. The number of hydrogen-bond acceptors (Lipinski definition) is 6. The van der Waals surface area contributed by atoms with Crippen LogP contribution in [0.25, 0.3) is 0 Å². The first-order valence-electron chi connectivity index (χ1n) is 7.42. The molecule has 0 amide bonds. The van der Waals surface area contributed by atoms with E-state index in [1.54, 1.807) is 12.1 Å². The van der Waals surface area contributed by atoms with Gasteiger partial charge < -0.3 is 25.5 Å². The molecule has 5 N–H and O–H groups in total. The van der Waals surface area contributed by atoms with E-state index in [4.69, 9.17) is 25.5 Å². The fraction of sp³-hybridized carbons (Fsp3) is 0.167. The molecule has 0 spiro atoms. The molecule has 0 heterocycles. The van der Waals surface area contributed by atoms with E-state index in [0.29, 0.717) is 11.1 Å². The fourth-order valence-corrected chi connectivity index (χ4v) is 1.82. The summed E-state index contributed by atoms with van der Waals surface area (Å²) in [5.74, 6) is -3.33. The molecule has 2 aromatic rings. The maximum Gasteiger partial charge on any atom is 0.372 e. The molecular formula is C18H18O8. The number of rotatable bonds is 6. The van der Waals surface area contributed by atoms with Crippen molar-refractivity contribution in [1.82, 2.24) is 0 Å².